The summed E-state index contributed by atoms with van der Waals surface area (Å²) < 4.78 is 11.1. The van der Waals surface area contributed by atoms with Crippen molar-refractivity contribution in [3.8, 4) is 5.75 Å². The molecule has 2 N–H and O–H groups in total. The van der Waals surface area contributed by atoms with Crippen LogP contribution in [0.4, 0.5) is 0 Å². The van der Waals surface area contributed by atoms with E-state index in [0.717, 1.165) is 83.6 Å². The van der Waals surface area contributed by atoms with Crippen molar-refractivity contribution >= 4 is 29.9 Å². The first kappa shape index (κ1) is 24.0. The highest BCUT2D eigenvalue weighted by Gasteiger charge is 2.09. The summed E-state index contributed by atoms with van der Waals surface area (Å²) in [6, 6.07) is 8.19. The zero-order valence-electron chi connectivity index (χ0n) is 16.7. The zero-order chi connectivity index (χ0) is 18.5. The summed E-state index contributed by atoms with van der Waals surface area (Å²) >= 11 is 0. The Morgan fingerprint density at radius 1 is 1.15 bits per heavy atom. The van der Waals surface area contributed by atoms with E-state index in [4.69, 9.17) is 9.47 Å². The highest BCUT2D eigenvalue weighted by molar-refractivity contribution is 14.0. The first-order chi connectivity index (χ1) is 12.8. The van der Waals surface area contributed by atoms with E-state index in [9.17, 15) is 0 Å². The molecule has 7 heteroatoms. The molecule has 0 spiro atoms. The molecule has 0 saturated carbocycles. The highest BCUT2D eigenvalue weighted by Crippen LogP contribution is 2.11. The summed E-state index contributed by atoms with van der Waals surface area (Å²) in [6.07, 6.45) is 2.02. The third-order valence-corrected chi connectivity index (χ3v) is 4.28. The van der Waals surface area contributed by atoms with E-state index < -0.39 is 0 Å². The number of aryl methyl sites for hydroxylation is 1. The Morgan fingerprint density at radius 2 is 1.89 bits per heavy atom. The van der Waals surface area contributed by atoms with Crippen LogP contribution in [0.2, 0.25) is 0 Å². The van der Waals surface area contributed by atoms with Gasteiger partial charge in [0, 0.05) is 39.3 Å². The van der Waals surface area contributed by atoms with Gasteiger partial charge in [-0.15, -0.1) is 24.0 Å². The lowest BCUT2D eigenvalue weighted by Crippen LogP contribution is -2.44. The predicted octanol–water partition coefficient (Wildman–Crippen LogP) is 2.66. The van der Waals surface area contributed by atoms with Gasteiger partial charge in [-0.3, -0.25) is 9.89 Å². The van der Waals surface area contributed by atoms with Crippen molar-refractivity contribution in [1.82, 2.24) is 15.5 Å². The van der Waals surface area contributed by atoms with Gasteiger partial charge in [0.2, 0.25) is 0 Å². The molecule has 154 valence electrons. The topological polar surface area (TPSA) is 58.1 Å². The number of unbranched alkanes of at least 4 members (excludes halogenated alkanes) is 1. The van der Waals surface area contributed by atoms with Crippen LogP contribution in [0, 0.1) is 6.92 Å². The fourth-order valence-corrected chi connectivity index (χ4v) is 2.73. The van der Waals surface area contributed by atoms with Crippen molar-refractivity contribution in [1.29, 1.82) is 0 Å². The number of nitrogens with zero attached hydrogens (tertiary/aromatic N) is 2. The summed E-state index contributed by atoms with van der Waals surface area (Å²) in [4.78, 5) is 7.07. The summed E-state index contributed by atoms with van der Waals surface area (Å²) in [6.45, 7) is 12.3. The van der Waals surface area contributed by atoms with E-state index in [0.29, 0.717) is 0 Å². The number of benzene rings is 1. The van der Waals surface area contributed by atoms with Gasteiger partial charge in [-0.1, -0.05) is 17.7 Å². The number of hydrogen-bond donors (Lipinski definition) is 2. The van der Waals surface area contributed by atoms with Crippen LogP contribution in [-0.2, 0) is 4.74 Å². The van der Waals surface area contributed by atoms with E-state index in [1.54, 1.807) is 0 Å². The predicted molar refractivity (Wildman–Crippen MR) is 123 cm³/mol. The Balaban J connectivity index is 0.00000364. The normalized spacial score (nSPS) is 15.1. The molecule has 1 saturated heterocycles. The van der Waals surface area contributed by atoms with Gasteiger partial charge in [-0.25, -0.2) is 0 Å². The molecule has 0 amide bonds. The van der Waals surface area contributed by atoms with E-state index in [1.807, 2.05) is 12.1 Å². The van der Waals surface area contributed by atoms with E-state index >= 15 is 0 Å². The SMILES string of the molecule is CCNC(=NCCCCOc1ccc(C)cc1)NCCN1CCOCC1.I. The van der Waals surface area contributed by atoms with Gasteiger partial charge in [0.1, 0.15) is 5.75 Å². The Bertz CT molecular complexity index is 519. The second kappa shape index (κ2) is 14.9. The first-order valence-electron chi connectivity index (χ1n) is 9.79. The third-order valence-electron chi connectivity index (χ3n) is 4.28. The van der Waals surface area contributed by atoms with E-state index in [-0.39, 0.29) is 24.0 Å². The van der Waals surface area contributed by atoms with Crippen LogP contribution in [-0.4, -0.2) is 69.9 Å². The minimum atomic E-state index is 0. The Labute approximate surface area is 181 Å². The van der Waals surface area contributed by atoms with Crippen molar-refractivity contribution in [3.05, 3.63) is 29.8 Å². The van der Waals surface area contributed by atoms with E-state index in [1.165, 1.54) is 5.56 Å². The standard InChI is InChI=1S/C20H34N4O2.HI/c1-3-21-20(23-11-12-24-13-16-25-17-14-24)22-10-4-5-15-26-19-8-6-18(2)7-9-19;/h6-9H,3-5,10-17H2,1-2H3,(H2,21,22,23);1H. The monoisotopic (exact) mass is 490 g/mol. The maximum Gasteiger partial charge on any atom is 0.191 e. The molecule has 1 aromatic rings. The summed E-state index contributed by atoms with van der Waals surface area (Å²) in [7, 11) is 0. The number of nitrogens with one attached hydrogen (secondary N) is 2. The van der Waals surface area contributed by atoms with Crippen molar-refractivity contribution in [3.63, 3.8) is 0 Å². The van der Waals surface area contributed by atoms with E-state index in [2.05, 4.69) is 46.5 Å². The Hall–Kier alpha value is -1.06. The van der Waals surface area contributed by atoms with Gasteiger partial charge >= 0.3 is 0 Å². The number of aliphatic imine (C=N–C) groups is 1. The number of ether oxygens (including phenoxy) is 2. The molecule has 27 heavy (non-hydrogen) atoms. The van der Waals surface area contributed by atoms with Crippen molar-refractivity contribution in [2.24, 2.45) is 4.99 Å². The lowest BCUT2D eigenvalue weighted by molar-refractivity contribution is 0.0389. The van der Waals surface area contributed by atoms with Crippen LogP contribution in [0.15, 0.2) is 29.3 Å². The third kappa shape index (κ3) is 10.8. The second-order valence-electron chi connectivity index (χ2n) is 6.51. The molecule has 1 aliphatic heterocycles. The highest BCUT2D eigenvalue weighted by atomic mass is 127. The largest absolute Gasteiger partial charge is 0.494 e. The molecule has 1 heterocycles. The van der Waals surface area contributed by atoms with Gasteiger partial charge in [-0.05, 0) is 38.8 Å². The molecule has 6 nitrogen and oxygen atoms in total. The van der Waals surface area contributed by atoms with Gasteiger partial charge < -0.3 is 20.1 Å². The molecule has 0 aliphatic carbocycles. The maximum absolute atomic E-state index is 5.75. The number of hydrogen-bond acceptors (Lipinski definition) is 4. The Morgan fingerprint density at radius 3 is 2.59 bits per heavy atom. The average molecular weight is 490 g/mol. The summed E-state index contributed by atoms with van der Waals surface area (Å²) in [5.41, 5.74) is 1.25. The molecule has 1 aromatic carbocycles. The smallest absolute Gasteiger partial charge is 0.191 e. The van der Waals surface area contributed by atoms with Crippen LogP contribution in [0.25, 0.3) is 0 Å². The van der Waals surface area contributed by atoms with Crippen LogP contribution in [0.3, 0.4) is 0 Å². The molecule has 1 fully saturated rings. The minimum Gasteiger partial charge on any atom is -0.494 e. The molecular weight excluding hydrogens is 455 g/mol. The van der Waals surface area contributed by atoms with Gasteiger partial charge in [0.25, 0.3) is 0 Å². The quantitative estimate of drug-likeness (QED) is 0.229. The Kier molecular flexibility index (Phi) is 13.3. The van der Waals surface area contributed by atoms with Crippen molar-refractivity contribution < 1.29 is 9.47 Å². The number of halogens is 1. The van der Waals surface area contributed by atoms with Crippen LogP contribution in [0.1, 0.15) is 25.3 Å². The van der Waals surface area contributed by atoms with Crippen molar-refractivity contribution in [2.75, 3.05) is 59.1 Å². The van der Waals surface area contributed by atoms with Gasteiger partial charge in [0.05, 0.1) is 19.8 Å². The number of guanidine groups is 1. The molecule has 0 radical (unpaired) electrons. The lowest BCUT2D eigenvalue weighted by Gasteiger charge is -2.26. The molecule has 0 bridgehead atoms. The summed E-state index contributed by atoms with van der Waals surface area (Å²) in [5, 5.41) is 6.72. The first-order valence-corrected chi connectivity index (χ1v) is 9.79. The van der Waals surface area contributed by atoms with Gasteiger partial charge in [0.15, 0.2) is 5.96 Å². The second-order valence-corrected chi connectivity index (χ2v) is 6.51. The van der Waals surface area contributed by atoms with Crippen LogP contribution < -0.4 is 15.4 Å². The molecule has 2 rings (SSSR count). The van der Waals surface area contributed by atoms with Crippen molar-refractivity contribution in [2.45, 2.75) is 26.7 Å². The molecule has 1 aliphatic rings. The summed E-state index contributed by atoms with van der Waals surface area (Å²) in [5.74, 6) is 1.84. The average Bonchev–Trinajstić information content (AvgIpc) is 2.67. The maximum atomic E-state index is 5.75. The fraction of sp³-hybridized carbons (Fsp3) is 0.650. The zero-order valence-corrected chi connectivity index (χ0v) is 19.0. The van der Waals surface area contributed by atoms with Crippen LogP contribution >= 0.6 is 24.0 Å². The number of rotatable bonds is 10. The molecule has 0 unspecified atom stereocenters. The fourth-order valence-electron chi connectivity index (χ4n) is 2.73. The minimum absolute atomic E-state index is 0. The molecular formula is C20H35IN4O2. The van der Waals surface area contributed by atoms with Crippen LogP contribution in [0.5, 0.6) is 5.75 Å². The number of morpholine rings is 1. The molecule has 0 atom stereocenters. The van der Waals surface area contributed by atoms with Gasteiger partial charge in [-0.2, -0.15) is 0 Å². The lowest BCUT2D eigenvalue weighted by atomic mass is 10.2. The molecule has 0 aromatic heterocycles.